The van der Waals surface area contributed by atoms with Crippen LogP contribution in [0.15, 0.2) is 48.9 Å². The zero-order valence-corrected chi connectivity index (χ0v) is 20.0. The molecule has 0 aliphatic heterocycles. The van der Waals surface area contributed by atoms with Crippen LogP contribution in [0.3, 0.4) is 0 Å². The molecule has 0 amide bonds. The highest BCUT2D eigenvalue weighted by Crippen LogP contribution is 2.39. The predicted octanol–water partition coefficient (Wildman–Crippen LogP) is 5.15. The summed E-state index contributed by atoms with van der Waals surface area (Å²) < 4.78 is 11.2. The summed E-state index contributed by atoms with van der Waals surface area (Å²) in [6.07, 6.45) is 6.66. The molecule has 6 heteroatoms. The van der Waals surface area contributed by atoms with Gasteiger partial charge in [0, 0.05) is 12.6 Å². The largest absolute Gasteiger partial charge is 0.464 e. The van der Waals surface area contributed by atoms with E-state index < -0.39 is 0 Å². The van der Waals surface area contributed by atoms with Crippen molar-refractivity contribution in [1.82, 2.24) is 14.0 Å². The number of methoxy groups -OCH3 is 1. The fourth-order valence-electron chi connectivity index (χ4n) is 5.09. The molecule has 0 bridgehead atoms. The number of benzene rings is 2. The van der Waals surface area contributed by atoms with E-state index in [2.05, 4.69) is 67.4 Å². The summed E-state index contributed by atoms with van der Waals surface area (Å²) in [4.78, 5) is 17.3. The summed E-state index contributed by atoms with van der Waals surface area (Å²) in [7, 11) is 3.34. The van der Waals surface area contributed by atoms with Crippen molar-refractivity contribution in [3.05, 3.63) is 71.3 Å². The SMILES string of the molecule is CCC(C)c1ccc(-c2c(C)cccc2C)c2c1c1n(C)c(C(=O)OC)c[n+]1c1nccn21. The van der Waals surface area contributed by atoms with Crippen molar-refractivity contribution in [2.45, 2.75) is 40.0 Å². The predicted molar refractivity (Wildman–Crippen MR) is 130 cm³/mol. The van der Waals surface area contributed by atoms with E-state index >= 15 is 0 Å². The zero-order chi connectivity index (χ0) is 23.4. The van der Waals surface area contributed by atoms with Crippen molar-refractivity contribution < 1.29 is 13.9 Å². The van der Waals surface area contributed by atoms with Crippen molar-refractivity contribution in [2.24, 2.45) is 7.05 Å². The molecule has 168 valence electrons. The lowest BCUT2D eigenvalue weighted by Gasteiger charge is -2.18. The number of carbonyl (C=O) groups excluding carboxylic acids is 1. The second-order valence-electron chi connectivity index (χ2n) is 8.86. The molecule has 5 aromatic rings. The summed E-state index contributed by atoms with van der Waals surface area (Å²) in [5, 5.41) is 1.13. The van der Waals surface area contributed by atoms with Gasteiger partial charge in [0.1, 0.15) is 17.9 Å². The Morgan fingerprint density at radius 2 is 1.91 bits per heavy atom. The first-order valence-electron chi connectivity index (χ1n) is 11.4. The van der Waals surface area contributed by atoms with Gasteiger partial charge in [-0.3, -0.25) is 4.57 Å². The van der Waals surface area contributed by atoms with Crippen molar-refractivity contribution in [3.63, 3.8) is 0 Å². The maximum atomic E-state index is 12.6. The molecular weight excluding hydrogens is 412 g/mol. The normalized spacial score (nSPS) is 12.7. The molecule has 3 aromatic heterocycles. The van der Waals surface area contributed by atoms with Crippen LogP contribution in [-0.2, 0) is 11.8 Å². The van der Waals surface area contributed by atoms with E-state index in [0.29, 0.717) is 11.6 Å². The van der Waals surface area contributed by atoms with Crippen LogP contribution in [0.2, 0.25) is 0 Å². The molecule has 33 heavy (non-hydrogen) atoms. The molecule has 0 aliphatic carbocycles. The van der Waals surface area contributed by atoms with Crippen LogP contribution >= 0.6 is 0 Å². The van der Waals surface area contributed by atoms with Crippen molar-refractivity contribution >= 4 is 28.3 Å². The summed E-state index contributed by atoms with van der Waals surface area (Å²) in [5.74, 6) is 0.743. The number of imidazole rings is 2. The minimum Gasteiger partial charge on any atom is -0.464 e. The number of aryl methyl sites for hydroxylation is 3. The second-order valence-corrected chi connectivity index (χ2v) is 8.86. The Morgan fingerprint density at radius 1 is 1.18 bits per heavy atom. The van der Waals surface area contributed by atoms with E-state index in [1.54, 1.807) is 0 Å². The van der Waals surface area contributed by atoms with Crippen LogP contribution in [-0.4, -0.2) is 27.0 Å². The third kappa shape index (κ3) is 2.97. The fraction of sp³-hybridized carbons (Fsp3) is 0.296. The molecule has 0 aliphatic rings. The molecule has 0 saturated carbocycles. The molecule has 6 nitrogen and oxygen atoms in total. The van der Waals surface area contributed by atoms with Gasteiger partial charge < -0.3 is 4.74 Å². The van der Waals surface area contributed by atoms with E-state index in [-0.39, 0.29) is 5.97 Å². The number of carbonyl (C=O) groups is 1. The van der Waals surface area contributed by atoms with Crippen LogP contribution in [0.5, 0.6) is 0 Å². The number of fused-ring (bicyclic) bond motifs is 6. The quantitative estimate of drug-likeness (QED) is 0.286. The van der Waals surface area contributed by atoms with Gasteiger partial charge in [-0.1, -0.05) is 44.2 Å². The van der Waals surface area contributed by atoms with Crippen molar-refractivity contribution in [2.75, 3.05) is 7.11 Å². The standard InChI is InChI=1S/C27H29N4O2/c1-7-16(2)19-11-12-20(22-17(3)9-8-10-18(22)4)24-23(19)25-29(5)21(26(32)33-6)15-31(25)27-28-13-14-30(24)27/h8-16H,7H2,1-6H3/q+1. The molecule has 2 aromatic carbocycles. The van der Waals surface area contributed by atoms with Gasteiger partial charge in [-0.15, -0.1) is 4.98 Å². The number of rotatable bonds is 4. The maximum absolute atomic E-state index is 12.6. The van der Waals surface area contributed by atoms with Crippen LogP contribution in [0.25, 0.3) is 33.5 Å². The van der Waals surface area contributed by atoms with E-state index in [1.807, 2.05) is 34.6 Å². The maximum Gasteiger partial charge on any atom is 0.368 e. The molecule has 0 spiro atoms. The van der Waals surface area contributed by atoms with E-state index in [9.17, 15) is 4.79 Å². The highest BCUT2D eigenvalue weighted by Gasteiger charge is 2.29. The van der Waals surface area contributed by atoms with Gasteiger partial charge >= 0.3 is 11.7 Å². The highest BCUT2D eigenvalue weighted by atomic mass is 16.5. The van der Waals surface area contributed by atoms with Gasteiger partial charge in [0.25, 0.3) is 0 Å². The second kappa shape index (κ2) is 7.73. The lowest BCUT2D eigenvalue weighted by molar-refractivity contribution is -0.485. The Balaban J connectivity index is 2.09. The van der Waals surface area contributed by atoms with Gasteiger partial charge in [0.2, 0.25) is 5.65 Å². The molecule has 1 unspecified atom stereocenters. The van der Waals surface area contributed by atoms with E-state index in [1.165, 1.54) is 34.9 Å². The van der Waals surface area contributed by atoms with Crippen LogP contribution in [0.4, 0.5) is 0 Å². The Morgan fingerprint density at radius 3 is 2.58 bits per heavy atom. The number of aromatic nitrogens is 4. The lowest BCUT2D eigenvalue weighted by atomic mass is 9.88. The van der Waals surface area contributed by atoms with E-state index in [0.717, 1.165) is 28.7 Å². The molecule has 3 heterocycles. The first kappa shape index (κ1) is 21.2. The van der Waals surface area contributed by atoms with Crippen LogP contribution < -0.4 is 4.40 Å². The molecule has 0 fully saturated rings. The number of esters is 1. The average Bonchev–Trinajstić information content (AvgIpc) is 3.43. The fourth-order valence-corrected chi connectivity index (χ4v) is 5.09. The monoisotopic (exact) mass is 441 g/mol. The highest BCUT2D eigenvalue weighted by molar-refractivity contribution is 6.04. The van der Waals surface area contributed by atoms with Crippen molar-refractivity contribution in [3.8, 4) is 11.1 Å². The van der Waals surface area contributed by atoms with Crippen LogP contribution in [0, 0.1) is 13.8 Å². The minimum atomic E-state index is -0.366. The van der Waals surface area contributed by atoms with Gasteiger partial charge in [-0.05, 0) is 48.4 Å². The third-order valence-electron chi connectivity index (χ3n) is 6.96. The van der Waals surface area contributed by atoms with Gasteiger partial charge in [0.15, 0.2) is 5.69 Å². The van der Waals surface area contributed by atoms with Gasteiger partial charge in [0.05, 0.1) is 18.7 Å². The third-order valence-corrected chi connectivity index (χ3v) is 6.96. The number of hydrogen-bond donors (Lipinski definition) is 0. The molecule has 0 N–H and O–H groups in total. The summed E-state index contributed by atoms with van der Waals surface area (Å²) in [6, 6.07) is 10.9. The Labute approximate surface area is 193 Å². The average molecular weight is 442 g/mol. The summed E-state index contributed by atoms with van der Waals surface area (Å²) in [6.45, 7) is 8.78. The molecule has 5 rings (SSSR count). The number of ether oxygens (including phenoxy) is 1. The number of nitrogens with zero attached hydrogens (tertiary/aromatic N) is 4. The Kier molecular flexibility index (Phi) is 4.96. The number of hydrogen-bond acceptors (Lipinski definition) is 3. The zero-order valence-electron chi connectivity index (χ0n) is 20.0. The van der Waals surface area contributed by atoms with Gasteiger partial charge in [-0.2, -0.15) is 4.40 Å². The summed E-state index contributed by atoms with van der Waals surface area (Å²) in [5.41, 5.74) is 8.66. The molecule has 0 radical (unpaired) electrons. The van der Waals surface area contributed by atoms with Gasteiger partial charge in [-0.25, -0.2) is 9.20 Å². The Bertz CT molecular complexity index is 1540. The smallest absolute Gasteiger partial charge is 0.368 e. The molecule has 1 atom stereocenters. The molecular formula is C27H29N4O2+. The first-order chi connectivity index (χ1) is 15.9. The van der Waals surface area contributed by atoms with Crippen LogP contribution in [0.1, 0.15) is 53.4 Å². The van der Waals surface area contributed by atoms with Crippen molar-refractivity contribution in [1.29, 1.82) is 0 Å². The topological polar surface area (TPSA) is 52.6 Å². The summed E-state index contributed by atoms with van der Waals surface area (Å²) >= 11 is 0. The van der Waals surface area contributed by atoms with E-state index in [4.69, 9.17) is 4.74 Å². The molecule has 0 saturated heterocycles. The first-order valence-corrected chi connectivity index (χ1v) is 11.4. The minimum absolute atomic E-state index is 0.348. The lowest BCUT2D eigenvalue weighted by Crippen LogP contribution is -2.25. The Hall–Kier alpha value is -3.67.